The number of alkyl halides is 3. The lowest BCUT2D eigenvalue weighted by Gasteiger charge is -2.08. The average molecular weight is 296 g/mol. The lowest BCUT2D eigenvalue weighted by Crippen LogP contribution is -2.17. The van der Waals surface area contributed by atoms with Crippen molar-refractivity contribution in [3.8, 4) is 5.75 Å². The van der Waals surface area contributed by atoms with Crippen LogP contribution in [0.3, 0.4) is 0 Å². The highest BCUT2D eigenvalue weighted by Crippen LogP contribution is 2.22. The molecule has 0 atom stereocenters. The van der Waals surface area contributed by atoms with E-state index in [1.54, 1.807) is 30.2 Å². The second-order valence-electron chi connectivity index (χ2n) is 4.22. The van der Waals surface area contributed by atoms with Crippen LogP contribution in [0.15, 0.2) is 42.7 Å². The Morgan fingerprint density at radius 2 is 1.95 bits per heavy atom. The molecule has 1 heterocycles. The minimum Gasteiger partial charge on any atom is -0.406 e. The summed E-state index contributed by atoms with van der Waals surface area (Å²) in [5.74, 6) is -0.687. The smallest absolute Gasteiger partial charge is 0.406 e. The average Bonchev–Trinajstić information content (AvgIpc) is 2.81. The maximum Gasteiger partial charge on any atom is 0.573 e. The van der Waals surface area contributed by atoms with Crippen LogP contribution in [0.2, 0.25) is 0 Å². The number of rotatable bonds is 4. The molecule has 7 heteroatoms. The summed E-state index contributed by atoms with van der Waals surface area (Å²) in [6, 6.07) is 4.74. The molecule has 0 bridgehead atoms. The van der Waals surface area contributed by atoms with Crippen molar-refractivity contribution < 1.29 is 22.7 Å². The molecular formula is C14H11F3N2O2. The third kappa shape index (κ3) is 4.48. The Balaban J connectivity index is 2.04. The van der Waals surface area contributed by atoms with Gasteiger partial charge >= 0.3 is 6.36 Å². The van der Waals surface area contributed by atoms with Gasteiger partial charge in [-0.25, -0.2) is 0 Å². The van der Waals surface area contributed by atoms with E-state index in [9.17, 15) is 18.0 Å². The van der Waals surface area contributed by atoms with Crippen LogP contribution in [0.1, 0.15) is 15.9 Å². The maximum absolute atomic E-state index is 12.0. The highest BCUT2D eigenvalue weighted by atomic mass is 19.4. The number of allylic oxidation sites excluding steroid dienone is 1. The third-order valence-corrected chi connectivity index (χ3v) is 2.52. The van der Waals surface area contributed by atoms with Gasteiger partial charge in [0.1, 0.15) is 5.75 Å². The summed E-state index contributed by atoms with van der Waals surface area (Å²) < 4.78 is 41.3. The normalized spacial score (nSPS) is 11.8. The van der Waals surface area contributed by atoms with Crippen LogP contribution < -0.4 is 4.74 Å². The Kier molecular flexibility index (Phi) is 4.11. The van der Waals surface area contributed by atoms with Gasteiger partial charge in [-0.1, -0.05) is 0 Å². The number of benzene rings is 1. The van der Waals surface area contributed by atoms with Crippen LogP contribution in [0.25, 0.3) is 6.08 Å². The van der Waals surface area contributed by atoms with Gasteiger partial charge in [0.25, 0.3) is 0 Å². The van der Waals surface area contributed by atoms with Crippen molar-refractivity contribution in [3.63, 3.8) is 0 Å². The fraction of sp³-hybridized carbons (Fsp3) is 0.143. The molecule has 0 fully saturated rings. The lowest BCUT2D eigenvalue weighted by atomic mass is 10.1. The number of nitrogens with zero attached hydrogens (tertiary/aromatic N) is 2. The molecule has 0 aliphatic heterocycles. The topological polar surface area (TPSA) is 44.1 Å². The first kappa shape index (κ1) is 14.8. The van der Waals surface area contributed by atoms with E-state index in [0.29, 0.717) is 0 Å². The number of halogens is 3. The van der Waals surface area contributed by atoms with Gasteiger partial charge in [-0.2, -0.15) is 5.10 Å². The van der Waals surface area contributed by atoms with Crippen molar-refractivity contribution in [1.82, 2.24) is 9.78 Å². The second-order valence-corrected chi connectivity index (χ2v) is 4.22. The number of hydrogen-bond acceptors (Lipinski definition) is 3. The first-order chi connectivity index (χ1) is 9.83. The molecule has 0 saturated heterocycles. The monoisotopic (exact) mass is 296 g/mol. The number of aryl methyl sites for hydroxylation is 1. The van der Waals surface area contributed by atoms with Gasteiger partial charge in [0.2, 0.25) is 0 Å². The Bertz CT molecular complexity index is 658. The molecule has 0 amide bonds. The molecule has 21 heavy (non-hydrogen) atoms. The summed E-state index contributed by atoms with van der Waals surface area (Å²) in [6.45, 7) is 0. The van der Waals surface area contributed by atoms with Gasteiger partial charge < -0.3 is 4.74 Å². The van der Waals surface area contributed by atoms with Crippen LogP contribution in [-0.4, -0.2) is 21.9 Å². The van der Waals surface area contributed by atoms with Crippen molar-refractivity contribution in [3.05, 3.63) is 53.9 Å². The zero-order valence-electron chi connectivity index (χ0n) is 11.0. The largest absolute Gasteiger partial charge is 0.573 e. The Hall–Kier alpha value is -2.57. The molecule has 110 valence electrons. The van der Waals surface area contributed by atoms with E-state index < -0.39 is 6.36 Å². The first-order valence-corrected chi connectivity index (χ1v) is 5.90. The fourth-order valence-electron chi connectivity index (χ4n) is 1.62. The Morgan fingerprint density at radius 3 is 2.48 bits per heavy atom. The molecule has 4 nitrogen and oxygen atoms in total. The summed E-state index contributed by atoms with van der Waals surface area (Å²) in [5, 5.41) is 3.94. The molecule has 2 aromatic rings. The van der Waals surface area contributed by atoms with Crippen LogP contribution >= 0.6 is 0 Å². The van der Waals surface area contributed by atoms with Gasteiger partial charge in [0.15, 0.2) is 5.78 Å². The molecular weight excluding hydrogens is 285 g/mol. The van der Waals surface area contributed by atoms with E-state index in [1.165, 1.54) is 18.2 Å². The number of ketones is 1. The van der Waals surface area contributed by atoms with Crippen LogP contribution in [0.4, 0.5) is 13.2 Å². The summed E-state index contributed by atoms with van der Waals surface area (Å²) >= 11 is 0. The number of hydrogen-bond donors (Lipinski definition) is 0. The van der Waals surface area contributed by atoms with Gasteiger partial charge in [0.05, 0.1) is 6.20 Å². The van der Waals surface area contributed by atoms with E-state index in [4.69, 9.17) is 0 Å². The third-order valence-electron chi connectivity index (χ3n) is 2.52. The minimum absolute atomic E-state index is 0.268. The fourth-order valence-corrected chi connectivity index (χ4v) is 1.62. The van der Waals surface area contributed by atoms with Crippen molar-refractivity contribution in [2.75, 3.05) is 0 Å². The van der Waals surface area contributed by atoms with E-state index in [-0.39, 0.29) is 17.1 Å². The molecule has 0 saturated carbocycles. The van der Waals surface area contributed by atoms with Crippen LogP contribution in [0.5, 0.6) is 5.75 Å². The van der Waals surface area contributed by atoms with Crippen molar-refractivity contribution in [2.24, 2.45) is 7.05 Å². The number of aromatic nitrogens is 2. The lowest BCUT2D eigenvalue weighted by molar-refractivity contribution is -0.274. The van der Waals surface area contributed by atoms with Crippen LogP contribution in [-0.2, 0) is 7.05 Å². The van der Waals surface area contributed by atoms with Crippen molar-refractivity contribution in [1.29, 1.82) is 0 Å². The first-order valence-electron chi connectivity index (χ1n) is 5.90. The zero-order valence-corrected chi connectivity index (χ0v) is 11.0. The number of carbonyl (C=O) groups excluding carboxylic acids is 1. The summed E-state index contributed by atoms with van der Waals surface area (Å²) in [7, 11) is 1.75. The van der Waals surface area contributed by atoms with Gasteiger partial charge in [-0.05, 0) is 36.4 Å². The van der Waals surface area contributed by atoms with Gasteiger partial charge in [0, 0.05) is 24.4 Å². The molecule has 0 aliphatic carbocycles. The zero-order chi connectivity index (χ0) is 15.5. The summed E-state index contributed by atoms with van der Waals surface area (Å²) in [4.78, 5) is 11.8. The van der Waals surface area contributed by atoms with E-state index in [2.05, 4.69) is 9.84 Å². The van der Waals surface area contributed by atoms with Gasteiger partial charge in [-0.3, -0.25) is 9.48 Å². The standard InChI is InChI=1S/C14H11F3N2O2/c1-19-9-10(8-18-19)2-7-13(20)11-3-5-12(6-4-11)21-14(15,16)17/h2-9H,1H3/b7-2+. The van der Waals surface area contributed by atoms with Crippen LogP contribution in [0, 0.1) is 0 Å². The molecule has 2 rings (SSSR count). The molecule has 1 aromatic carbocycles. The molecule has 0 aliphatic rings. The Labute approximate surface area is 118 Å². The van der Waals surface area contributed by atoms with Crippen molar-refractivity contribution >= 4 is 11.9 Å². The predicted molar refractivity (Wildman–Crippen MR) is 69.7 cm³/mol. The number of ether oxygens (including phenoxy) is 1. The predicted octanol–water partition coefficient (Wildman–Crippen LogP) is 3.21. The molecule has 1 aromatic heterocycles. The molecule has 0 spiro atoms. The molecule has 0 unspecified atom stereocenters. The van der Waals surface area contributed by atoms with E-state index in [0.717, 1.165) is 17.7 Å². The van der Waals surface area contributed by atoms with E-state index in [1.807, 2.05) is 0 Å². The summed E-state index contributed by atoms with van der Waals surface area (Å²) in [6.07, 6.45) is 1.48. The quantitative estimate of drug-likeness (QED) is 0.643. The SMILES string of the molecule is Cn1cc(/C=C/C(=O)c2ccc(OC(F)(F)F)cc2)cn1. The van der Waals surface area contributed by atoms with Gasteiger partial charge in [-0.15, -0.1) is 13.2 Å². The Morgan fingerprint density at radius 1 is 1.29 bits per heavy atom. The maximum atomic E-state index is 12.0. The highest BCUT2D eigenvalue weighted by molar-refractivity contribution is 6.06. The van der Waals surface area contributed by atoms with Crippen molar-refractivity contribution in [2.45, 2.75) is 6.36 Å². The summed E-state index contributed by atoms with van der Waals surface area (Å²) in [5.41, 5.74) is 1.02. The van der Waals surface area contributed by atoms with E-state index >= 15 is 0 Å². The minimum atomic E-state index is -4.74. The highest BCUT2D eigenvalue weighted by Gasteiger charge is 2.30. The second kappa shape index (κ2) is 5.82. The molecule has 0 radical (unpaired) electrons. The number of carbonyl (C=O) groups is 1. The molecule has 0 N–H and O–H groups in total.